The van der Waals surface area contributed by atoms with Crippen molar-refractivity contribution in [2.75, 3.05) is 11.9 Å². The Kier molecular flexibility index (Phi) is 4.24. The monoisotopic (exact) mass is 331 g/mol. The number of thiazole rings is 1. The van der Waals surface area contributed by atoms with E-state index in [0.29, 0.717) is 22.3 Å². The predicted octanol–water partition coefficient (Wildman–Crippen LogP) is 2.84. The molecule has 1 N–H and O–H groups in total. The van der Waals surface area contributed by atoms with Crippen molar-refractivity contribution in [3.63, 3.8) is 0 Å². The van der Waals surface area contributed by atoms with Crippen molar-refractivity contribution >= 4 is 28.1 Å². The number of esters is 1. The first-order chi connectivity index (χ1) is 11.1. The van der Waals surface area contributed by atoms with Gasteiger partial charge in [-0.05, 0) is 32.9 Å². The molecular weight excluding hydrogens is 314 g/mol. The van der Waals surface area contributed by atoms with Gasteiger partial charge in [0.1, 0.15) is 4.88 Å². The number of hydrogen-bond acceptors (Lipinski definition) is 7. The number of carbonyl (C=O) groups is 1. The Balaban J connectivity index is 1.82. The molecular formula is C15H17N5O2S. The largest absolute Gasteiger partial charge is 0.462 e. The van der Waals surface area contributed by atoms with Crippen LogP contribution < -0.4 is 5.32 Å². The number of aryl methyl sites for hydroxylation is 1. The van der Waals surface area contributed by atoms with Gasteiger partial charge in [0.2, 0.25) is 0 Å². The highest BCUT2D eigenvalue weighted by Gasteiger charge is 2.19. The highest BCUT2D eigenvalue weighted by Crippen LogP contribution is 2.26. The molecule has 0 saturated carbocycles. The number of hydrogen-bond donors (Lipinski definition) is 1. The lowest BCUT2D eigenvalue weighted by molar-refractivity contribution is 0.0531. The van der Waals surface area contributed by atoms with Crippen LogP contribution in [0.3, 0.4) is 0 Å². The lowest BCUT2D eigenvalue weighted by atomic mass is 10.3. The van der Waals surface area contributed by atoms with E-state index < -0.39 is 0 Å². The summed E-state index contributed by atoms with van der Waals surface area (Å²) in [4.78, 5) is 16.8. The maximum atomic E-state index is 11.9. The molecule has 8 heteroatoms. The van der Waals surface area contributed by atoms with E-state index in [1.165, 1.54) is 11.3 Å². The smallest absolute Gasteiger partial charge is 0.350 e. The summed E-state index contributed by atoms with van der Waals surface area (Å²) in [6, 6.07) is 5.64. The lowest BCUT2D eigenvalue weighted by Crippen LogP contribution is -2.10. The average molecular weight is 331 g/mol. The topological polar surface area (TPSA) is 81.4 Å². The fourth-order valence-corrected chi connectivity index (χ4v) is 3.20. The molecule has 0 spiro atoms. The van der Waals surface area contributed by atoms with Crippen molar-refractivity contribution in [3.05, 3.63) is 40.8 Å². The first kappa shape index (κ1) is 15.4. The zero-order valence-corrected chi connectivity index (χ0v) is 13.9. The number of rotatable bonds is 5. The fraction of sp³-hybridized carbons (Fsp3) is 0.333. The molecule has 23 heavy (non-hydrogen) atoms. The molecule has 0 aliphatic rings. The third kappa shape index (κ3) is 3.02. The third-order valence-corrected chi connectivity index (χ3v) is 4.39. The molecule has 3 heterocycles. The molecule has 0 unspecified atom stereocenters. The molecule has 3 rings (SSSR count). The Morgan fingerprint density at radius 1 is 1.43 bits per heavy atom. The lowest BCUT2D eigenvalue weighted by Gasteiger charge is -2.10. The van der Waals surface area contributed by atoms with E-state index in [-0.39, 0.29) is 12.0 Å². The number of pyridine rings is 1. The molecule has 0 radical (unpaired) electrons. The van der Waals surface area contributed by atoms with Crippen LogP contribution in [0.4, 0.5) is 5.13 Å². The van der Waals surface area contributed by atoms with Crippen LogP contribution in [0, 0.1) is 6.92 Å². The fourth-order valence-electron chi connectivity index (χ4n) is 2.25. The van der Waals surface area contributed by atoms with Crippen molar-refractivity contribution in [1.29, 1.82) is 0 Å². The predicted molar refractivity (Wildman–Crippen MR) is 87.8 cm³/mol. The van der Waals surface area contributed by atoms with Crippen LogP contribution in [0.25, 0.3) is 5.65 Å². The summed E-state index contributed by atoms with van der Waals surface area (Å²) in [7, 11) is 0. The van der Waals surface area contributed by atoms with Crippen LogP contribution in [0.1, 0.15) is 41.1 Å². The molecule has 3 aromatic heterocycles. The summed E-state index contributed by atoms with van der Waals surface area (Å²) in [5.41, 5.74) is 1.45. The molecule has 120 valence electrons. The summed E-state index contributed by atoms with van der Waals surface area (Å²) in [6.45, 7) is 5.91. The highest BCUT2D eigenvalue weighted by atomic mass is 32.1. The van der Waals surface area contributed by atoms with Gasteiger partial charge in [0, 0.05) is 6.20 Å². The maximum absolute atomic E-state index is 11.9. The second kappa shape index (κ2) is 6.33. The molecule has 0 aromatic carbocycles. The minimum absolute atomic E-state index is 0.104. The van der Waals surface area contributed by atoms with Gasteiger partial charge in [-0.3, -0.25) is 4.40 Å². The molecule has 0 aliphatic heterocycles. The van der Waals surface area contributed by atoms with Crippen LogP contribution in [0.2, 0.25) is 0 Å². The van der Waals surface area contributed by atoms with E-state index in [2.05, 4.69) is 20.5 Å². The van der Waals surface area contributed by atoms with E-state index in [1.54, 1.807) is 13.8 Å². The number of nitrogens with one attached hydrogen (secondary N) is 1. The Bertz CT molecular complexity index is 841. The molecule has 7 nitrogen and oxygen atoms in total. The van der Waals surface area contributed by atoms with Gasteiger partial charge in [-0.2, -0.15) is 0 Å². The summed E-state index contributed by atoms with van der Waals surface area (Å²) >= 11 is 1.28. The van der Waals surface area contributed by atoms with E-state index in [9.17, 15) is 4.79 Å². The van der Waals surface area contributed by atoms with Gasteiger partial charge < -0.3 is 10.1 Å². The number of fused-ring (bicyclic) bond motifs is 1. The van der Waals surface area contributed by atoms with Crippen molar-refractivity contribution in [3.8, 4) is 0 Å². The summed E-state index contributed by atoms with van der Waals surface area (Å²) < 4.78 is 6.96. The van der Waals surface area contributed by atoms with Gasteiger partial charge in [0.05, 0.1) is 18.3 Å². The Morgan fingerprint density at radius 3 is 3.04 bits per heavy atom. The minimum Gasteiger partial charge on any atom is -0.462 e. The third-order valence-electron chi connectivity index (χ3n) is 3.32. The zero-order chi connectivity index (χ0) is 16.4. The first-order valence-corrected chi connectivity index (χ1v) is 8.12. The summed E-state index contributed by atoms with van der Waals surface area (Å²) in [6.07, 6.45) is 1.92. The first-order valence-electron chi connectivity index (χ1n) is 7.31. The maximum Gasteiger partial charge on any atom is 0.350 e. The van der Waals surface area contributed by atoms with Gasteiger partial charge in [0.15, 0.2) is 16.6 Å². The zero-order valence-electron chi connectivity index (χ0n) is 13.1. The van der Waals surface area contributed by atoms with Crippen molar-refractivity contribution in [1.82, 2.24) is 19.6 Å². The quantitative estimate of drug-likeness (QED) is 0.724. The van der Waals surface area contributed by atoms with Gasteiger partial charge >= 0.3 is 5.97 Å². The Morgan fingerprint density at radius 2 is 2.26 bits per heavy atom. The molecule has 0 amide bonds. The molecule has 0 aliphatic carbocycles. The molecule has 0 bridgehead atoms. The van der Waals surface area contributed by atoms with Crippen LogP contribution in [0.5, 0.6) is 0 Å². The number of anilines is 1. The average Bonchev–Trinajstić information content (AvgIpc) is 3.11. The van der Waals surface area contributed by atoms with Crippen LogP contribution in [-0.4, -0.2) is 32.2 Å². The summed E-state index contributed by atoms with van der Waals surface area (Å²) in [5, 5.41) is 12.3. The molecule has 3 aromatic rings. The van der Waals surface area contributed by atoms with E-state index in [4.69, 9.17) is 4.74 Å². The van der Waals surface area contributed by atoms with Gasteiger partial charge in [-0.25, -0.2) is 9.78 Å². The van der Waals surface area contributed by atoms with Crippen LogP contribution in [0.15, 0.2) is 24.4 Å². The molecule has 0 saturated heterocycles. The minimum atomic E-state index is -0.337. The number of aromatic nitrogens is 4. The summed E-state index contributed by atoms with van der Waals surface area (Å²) in [5.74, 6) is 0.447. The Labute approximate surface area is 137 Å². The Hall–Kier alpha value is -2.48. The standard InChI is InChI=1S/C15H17N5O2S/c1-4-22-14(21)12-9(2)16-15(23-12)17-10(3)13-19-18-11-7-5-6-8-20(11)13/h5-8,10H,4H2,1-3H3,(H,16,17)/t10-/m0/s1. The normalized spacial score (nSPS) is 12.3. The highest BCUT2D eigenvalue weighted by molar-refractivity contribution is 7.17. The second-order valence-electron chi connectivity index (χ2n) is 5.01. The molecule has 0 fully saturated rings. The van der Waals surface area contributed by atoms with Crippen molar-refractivity contribution < 1.29 is 9.53 Å². The number of ether oxygens (including phenoxy) is 1. The van der Waals surface area contributed by atoms with E-state index in [1.807, 2.05) is 35.7 Å². The van der Waals surface area contributed by atoms with Crippen LogP contribution >= 0.6 is 11.3 Å². The number of nitrogens with zero attached hydrogens (tertiary/aromatic N) is 4. The van der Waals surface area contributed by atoms with Gasteiger partial charge in [-0.1, -0.05) is 17.4 Å². The van der Waals surface area contributed by atoms with Crippen molar-refractivity contribution in [2.24, 2.45) is 0 Å². The SMILES string of the molecule is CCOC(=O)c1sc(N[C@@H](C)c2nnc3ccccn23)nc1C. The number of carbonyl (C=O) groups excluding carboxylic acids is 1. The van der Waals surface area contributed by atoms with E-state index >= 15 is 0 Å². The van der Waals surface area contributed by atoms with Gasteiger partial charge in [0.25, 0.3) is 0 Å². The van der Waals surface area contributed by atoms with Crippen LogP contribution in [-0.2, 0) is 4.74 Å². The molecule has 1 atom stereocenters. The van der Waals surface area contributed by atoms with Crippen molar-refractivity contribution in [2.45, 2.75) is 26.8 Å². The van der Waals surface area contributed by atoms with E-state index in [0.717, 1.165) is 11.5 Å². The van der Waals surface area contributed by atoms with Gasteiger partial charge in [-0.15, -0.1) is 10.2 Å². The second-order valence-corrected chi connectivity index (χ2v) is 6.01.